The molecule has 3 rings (SSSR count). The van der Waals surface area contributed by atoms with Gasteiger partial charge in [0.05, 0.1) is 17.3 Å². The van der Waals surface area contributed by atoms with E-state index in [2.05, 4.69) is 4.98 Å². The molecule has 2 aliphatic heterocycles. The number of nitrogens with zero attached hydrogens (tertiary/aromatic N) is 2. The van der Waals surface area contributed by atoms with E-state index in [1.807, 2.05) is 4.90 Å². The Bertz CT molecular complexity index is 511. The Labute approximate surface area is 126 Å². The average Bonchev–Trinajstić information content (AvgIpc) is 2.51. The number of hydrogen-bond acceptors (Lipinski definition) is 4. The minimum Gasteiger partial charge on any atom is -0.390 e. The molecule has 0 aromatic carbocycles. The van der Waals surface area contributed by atoms with Crippen LogP contribution in [-0.2, 0) is 10.9 Å². The monoisotopic (exact) mass is 316 g/mol. The Kier molecular flexibility index (Phi) is 4.03. The Morgan fingerprint density at radius 1 is 1.27 bits per heavy atom. The van der Waals surface area contributed by atoms with Crippen molar-refractivity contribution in [2.45, 2.75) is 43.6 Å². The molecule has 122 valence electrons. The Balaban J connectivity index is 1.66. The van der Waals surface area contributed by atoms with Gasteiger partial charge in [0.25, 0.3) is 0 Å². The molecule has 1 N–H and O–H groups in total. The number of anilines is 1. The van der Waals surface area contributed by atoms with Gasteiger partial charge in [-0.2, -0.15) is 13.2 Å². The summed E-state index contributed by atoms with van der Waals surface area (Å²) in [5.41, 5.74) is -1.23. The zero-order chi connectivity index (χ0) is 15.8. The molecule has 0 radical (unpaired) electrons. The van der Waals surface area contributed by atoms with Crippen molar-refractivity contribution in [3.63, 3.8) is 0 Å². The number of alkyl halides is 3. The Morgan fingerprint density at radius 3 is 2.55 bits per heavy atom. The molecule has 0 saturated carbocycles. The van der Waals surface area contributed by atoms with E-state index in [4.69, 9.17) is 4.74 Å². The van der Waals surface area contributed by atoms with E-state index >= 15 is 0 Å². The lowest BCUT2D eigenvalue weighted by molar-refractivity contribution is -0.164. The summed E-state index contributed by atoms with van der Waals surface area (Å²) in [6, 6.07) is 2.46. The van der Waals surface area contributed by atoms with E-state index in [0.717, 1.165) is 25.1 Å². The molecule has 3 heterocycles. The summed E-state index contributed by atoms with van der Waals surface area (Å²) in [6.07, 6.45) is -1.01. The van der Waals surface area contributed by atoms with Crippen LogP contribution in [0.5, 0.6) is 0 Å². The molecule has 0 amide bonds. The second-order valence-electron chi connectivity index (χ2n) is 5.96. The summed E-state index contributed by atoms with van der Waals surface area (Å²) in [5, 5.41) is 10.2. The van der Waals surface area contributed by atoms with Gasteiger partial charge >= 0.3 is 6.18 Å². The molecule has 1 spiro atoms. The normalized spacial score (nSPS) is 25.5. The number of piperidine rings is 1. The fourth-order valence-corrected chi connectivity index (χ4v) is 3.24. The molecule has 0 aliphatic carbocycles. The van der Waals surface area contributed by atoms with Crippen LogP contribution in [0.3, 0.4) is 0 Å². The highest BCUT2D eigenvalue weighted by Gasteiger charge is 2.43. The fourth-order valence-electron chi connectivity index (χ4n) is 3.24. The van der Waals surface area contributed by atoms with Gasteiger partial charge in [-0.05, 0) is 37.8 Å². The molecule has 7 heteroatoms. The van der Waals surface area contributed by atoms with Crippen LogP contribution in [0.25, 0.3) is 0 Å². The van der Waals surface area contributed by atoms with Crippen LogP contribution in [0.1, 0.15) is 31.2 Å². The first-order chi connectivity index (χ1) is 10.4. The van der Waals surface area contributed by atoms with Gasteiger partial charge in [0.15, 0.2) is 0 Å². The lowest BCUT2D eigenvalue weighted by Crippen LogP contribution is -2.55. The molecule has 1 aromatic rings. The van der Waals surface area contributed by atoms with Gasteiger partial charge in [0.1, 0.15) is 5.82 Å². The van der Waals surface area contributed by atoms with Crippen molar-refractivity contribution in [2.75, 3.05) is 24.6 Å². The molecule has 4 nitrogen and oxygen atoms in total. The molecule has 1 aromatic heterocycles. The van der Waals surface area contributed by atoms with Crippen molar-refractivity contribution < 1.29 is 23.0 Å². The zero-order valence-corrected chi connectivity index (χ0v) is 12.1. The molecule has 22 heavy (non-hydrogen) atoms. The van der Waals surface area contributed by atoms with Gasteiger partial charge in [-0.15, -0.1) is 0 Å². The number of aromatic nitrogens is 1. The number of hydrogen-bond donors (Lipinski definition) is 1. The number of ether oxygens (including phenoxy) is 1. The van der Waals surface area contributed by atoms with Gasteiger partial charge in [-0.1, -0.05) is 0 Å². The molecule has 0 unspecified atom stereocenters. The summed E-state index contributed by atoms with van der Waals surface area (Å²) in [7, 11) is 0. The van der Waals surface area contributed by atoms with Gasteiger partial charge in [-0.3, -0.25) is 0 Å². The van der Waals surface area contributed by atoms with E-state index in [-0.39, 0.29) is 0 Å². The Morgan fingerprint density at radius 2 is 2.00 bits per heavy atom. The smallest absolute Gasteiger partial charge is 0.390 e. The van der Waals surface area contributed by atoms with E-state index in [9.17, 15) is 18.3 Å². The predicted molar refractivity (Wildman–Crippen MR) is 74.6 cm³/mol. The fraction of sp³-hybridized carbons (Fsp3) is 0.667. The number of aliphatic hydroxyl groups is 1. The standard InChI is InChI=1S/C15H19F3N2O2/c16-15(17,18)11-3-4-13(19-10-11)20-7-5-14(6-8-20)12(21)2-1-9-22-14/h3-4,10,12,21H,1-2,5-9H2/t12-/m1/s1. The summed E-state index contributed by atoms with van der Waals surface area (Å²) < 4.78 is 43.5. The zero-order valence-electron chi connectivity index (χ0n) is 12.1. The van der Waals surface area contributed by atoms with E-state index in [0.29, 0.717) is 38.4 Å². The number of halogens is 3. The van der Waals surface area contributed by atoms with Crippen LogP contribution >= 0.6 is 0 Å². The van der Waals surface area contributed by atoms with Crippen LogP contribution in [0.15, 0.2) is 18.3 Å². The highest BCUT2D eigenvalue weighted by Crippen LogP contribution is 2.36. The first-order valence-electron chi connectivity index (χ1n) is 7.51. The lowest BCUT2D eigenvalue weighted by atomic mass is 9.82. The third-order valence-electron chi connectivity index (χ3n) is 4.63. The molecule has 2 saturated heterocycles. The van der Waals surface area contributed by atoms with E-state index < -0.39 is 23.4 Å². The average molecular weight is 316 g/mol. The first-order valence-corrected chi connectivity index (χ1v) is 7.51. The summed E-state index contributed by atoms with van der Waals surface area (Å²) in [5.74, 6) is 0.535. The topological polar surface area (TPSA) is 45.6 Å². The van der Waals surface area contributed by atoms with Crippen molar-refractivity contribution in [3.8, 4) is 0 Å². The van der Waals surface area contributed by atoms with Crippen molar-refractivity contribution in [3.05, 3.63) is 23.9 Å². The van der Waals surface area contributed by atoms with Crippen molar-refractivity contribution in [2.24, 2.45) is 0 Å². The molecular formula is C15H19F3N2O2. The minimum absolute atomic E-state index is 0.455. The summed E-state index contributed by atoms with van der Waals surface area (Å²) in [6.45, 7) is 1.90. The number of rotatable bonds is 1. The van der Waals surface area contributed by atoms with Crippen molar-refractivity contribution >= 4 is 5.82 Å². The van der Waals surface area contributed by atoms with Gasteiger partial charge in [0, 0.05) is 25.9 Å². The predicted octanol–water partition coefficient (Wildman–Crippen LogP) is 2.61. The third kappa shape index (κ3) is 2.92. The van der Waals surface area contributed by atoms with Crippen LogP contribution in [-0.4, -0.2) is 41.5 Å². The first kappa shape index (κ1) is 15.6. The lowest BCUT2D eigenvalue weighted by Gasteiger charge is -2.47. The summed E-state index contributed by atoms with van der Waals surface area (Å²) >= 11 is 0. The number of aliphatic hydroxyl groups excluding tert-OH is 1. The van der Waals surface area contributed by atoms with Crippen LogP contribution in [0, 0.1) is 0 Å². The maximum Gasteiger partial charge on any atom is 0.417 e. The highest BCUT2D eigenvalue weighted by atomic mass is 19.4. The molecule has 0 bridgehead atoms. The third-order valence-corrected chi connectivity index (χ3v) is 4.63. The van der Waals surface area contributed by atoms with E-state index in [1.165, 1.54) is 6.07 Å². The van der Waals surface area contributed by atoms with E-state index in [1.54, 1.807) is 0 Å². The van der Waals surface area contributed by atoms with Gasteiger partial charge in [0.2, 0.25) is 0 Å². The minimum atomic E-state index is -4.36. The van der Waals surface area contributed by atoms with Crippen LogP contribution < -0.4 is 4.90 Å². The van der Waals surface area contributed by atoms with Crippen LogP contribution in [0.4, 0.5) is 19.0 Å². The molecule has 2 aliphatic rings. The second kappa shape index (κ2) is 5.70. The maximum atomic E-state index is 12.5. The molecular weight excluding hydrogens is 297 g/mol. The summed E-state index contributed by atoms with van der Waals surface area (Å²) in [4.78, 5) is 5.86. The van der Waals surface area contributed by atoms with Crippen LogP contribution in [0.2, 0.25) is 0 Å². The van der Waals surface area contributed by atoms with Gasteiger partial charge < -0.3 is 14.7 Å². The Hall–Kier alpha value is -1.34. The van der Waals surface area contributed by atoms with Crippen molar-refractivity contribution in [1.29, 1.82) is 0 Å². The second-order valence-corrected chi connectivity index (χ2v) is 5.96. The highest BCUT2D eigenvalue weighted by molar-refractivity contribution is 5.40. The largest absolute Gasteiger partial charge is 0.417 e. The maximum absolute atomic E-state index is 12.5. The quantitative estimate of drug-likeness (QED) is 0.865. The SMILES string of the molecule is O[C@@H]1CCCOC12CCN(c1ccc(C(F)(F)F)cn1)CC2. The molecule has 2 fully saturated rings. The van der Waals surface area contributed by atoms with Crippen molar-refractivity contribution in [1.82, 2.24) is 4.98 Å². The number of pyridine rings is 1. The van der Waals surface area contributed by atoms with Gasteiger partial charge in [-0.25, -0.2) is 4.98 Å². The molecule has 1 atom stereocenters.